The van der Waals surface area contributed by atoms with Gasteiger partial charge in [-0.1, -0.05) is 13.3 Å². The van der Waals surface area contributed by atoms with Crippen LogP contribution in [0.2, 0.25) is 0 Å². The first kappa shape index (κ1) is 13.3. The van der Waals surface area contributed by atoms with Gasteiger partial charge in [-0.15, -0.1) is 0 Å². The topological polar surface area (TPSA) is 66.5 Å². The summed E-state index contributed by atoms with van der Waals surface area (Å²) in [7, 11) is 0. The van der Waals surface area contributed by atoms with Crippen LogP contribution < -0.4 is 5.32 Å². The van der Waals surface area contributed by atoms with Crippen molar-refractivity contribution in [3.63, 3.8) is 0 Å². The Morgan fingerprint density at radius 2 is 2.11 bits per heavy atom. The summed E-state index contributed by atoms with van der Waals surface area (Å²) in [5.41, 5.74) is 0. The Bertz CT molecular complexity index is 390. The maximum atomic E-state index is 13.4. The summed E-state index contributed by atoms with van der Waals surface area (Å²) in [6, 6.07) is -1.08. The number of urea groups is 1. The van der Waals surface area contributed by atoms with E-state index in [1.165, 1.54) is 0 Å². The van der Waals surface area contributed by atoms with Crippen molar-refractivity contribution >= 4 is 29.6 Å². The molecule has 5 nitrogen and oxygen atoms in total. The first-order chi connectivity index (χ1) is 8.56. The number of amides is 4. The molecule has 0 bridgehead atoms. The third-order valence-electron chi connectivity index (χ3n) is 3.26. The SMILES string of the molecule is CCSC1CCCC1N1C(=O)NC(=O)C(F)C1=O. The van der Waals surface area contributed by atoms with Crippen molar-refractivity contribution in [2.45, 2.75) is 43.6 Å². The second kappa shape index (κ2) is 5.26. The predicted molar refractivity (Wildman–Crippen MR) is 64.8 cm³/mol. The average molecular weight is 274 g/mol. The first-order valence-electron chi connectivity index (χ1n) is 5.99. The molecule has 1 saturated carbocycles. The van der Waals surface area contributed by atoms with Gasteiger partial charge in [-0.25, -0.2) is 9.18 Å². The van der Waals surface area contributed by atoms with E-state index in [1.54, 1.807) is 11.8 Å². The summed E-state index contributed by atoms with van der Waals surface area (Å²) in [5.74, 6) is -1.29. The molecule has 1 N–H and O–H groups in total. The smallest absolute Gasteiger partial charge is 0.275 e. The highest BCUT2D eigenvalue weighted by Crippen LogP contribution is 2.34. The lowest BCUT2D eigenvalue weighted by atomic mass is 10.1. The zero-order chi connectivity index (χ0) is 13.3. The number of thioether (sulfide) groups is 1. The maximum absolute atomic E-state index is 13.4. The molecule has 0 aromatic heterocycles. The Balaban J connectivity index is 2.18. The fourth-order valence-electron chi connectivity index (χ4n) is 2.49. The number of rotatable bonds is 3. The lowest BCUT2D eigenvalue weighted by molar-refractivity contribution is -0.145. The zero-order valence-corrected chi connectivity index (χ0v) is 10.8. The molecule has 100 valence electrons. The monoisotopic (exact) mass is 274 g/mol. The minimum Gasteiger partial charge on any atom is -0.275 e. The zero-order valence-electron chi connectivity index (χ0n) is 10.0. The average Bonchev–Trinajstić information content (AvgIpc) is 2.75. The number of barbiturate groups is 1. The third-order valence-corrected chi connectivity index (χ3v) is 4.57. The summed E-state index contributed by atoms with van der Waals surface area (Å²) in [5, 5.41) is 2.04. The normalized spacial score (nSPS) is 32.9. The van der Waals surface area contributed by atoms with E-state index in [9.17, 15) is 18.8 Å². The molecular weight excluding hydrogens is 259 g/mol. The molecule has 1 aliphatic heterocycles. The number of hydrogen-bond acceptors (Lipinski definition) is 4. The molecule has 18 heavy (non-hydrogen) atoms. The van der Waals surface area contributed by atoms with Crippen molar-refractivity contribution in [2.24, 2.45) is 0 Å². The number of alkyl halides is 1. The number of nitrogens with one attached hydrogen (secondary N) is 1. The summed E-state index contributed by atoms with van der Waals surface area (Å²) >= 11 is 1.67. The number of hydrogen-bond donors (Lipinski definition) is 1. The molecule has 7 heteroatoms. The Morgan fingerprint density at radius 1 is 1.39 bits per heavy atom. The largest absolute Gasteiger partial charge is 0.331 e. The van der Waals surface area contributed by atoms with Crippen molar-refractivity contribution in [2.75, 3.05) is 5.75 Å². The van der Waals surface area contributed by atoms with Crippen LogP contribution in [-0.4, -0.2) is 46.0 Å². The van der Waals surface area contributed by atoms with Gasteiger partial charge in [0.05, 0.1) is 6.04 Å². The fraction of sp³-hybridized carbons (Fsp3) is 0.727. The highest BCUT2D eigenvalue weighted by atomic mass is 32.2. The maximum Gasteiger partial charge on any atom is 0.331 e. The van der Waals surface area contributed by atoms with Gasteiger partial charge in [0.2, 0.25) is 0 Å². The molecule has 1 saturated heterocycles. The molecule has 0 radical (unpaired) electrons. The van der Waals surface area contributed by atoms with E-state index in [1.807, 2.05) is 12.2 Å². The Labute approximate surface area is 108 Å². The molecule has 1 aliphatic carbocycles. The number of carbonyl (C=O) groups excluding carboxylic acids is 3. The summed E-state index contributed by atoms with van der Waals surface area (Å²) in [4.78, 5) is 35.4. The summed E-state index contributed by atoms with van der Waals surface area (Å²) in [6.07, 6.45) is 0.239. The van der Waals surface area contributed by atoms with Gasteiger partial charge in [0.1, 0.15) is 0 Å². The molecule has 2 fully saturated rings. The van der Waals surface area contributed by atoms with E-state index < -0.39 is 24.0 Å². The van der Waals surface area contributed by atoms with Crippen LogP contribution in [0.3, 0.4) is 0 Å². The van der Waals surface area contributed by atoms with E-state index in [0.717, 1.165) is 23.5 Å². The second-order valence-electron chi connectivity index (χ2n) is 4.36. The molecule has 0 aromatic rings. The number of imide groups is 2. The highest BCUT2D eigenvalue weighted by molar-refractivity contribution is 7.99. The van der Waals surface area contributed by atoms with Gasteiger partial charge in [-0.05, 0) is 18.6 Å². The van der Waals surface area contributed by atoms with Crippen LogP contribution in [0.5, 0.6) is 0 Å². The lowest BCUT2D eigenvalue weighted by Crippen LogP contribution is -2.63. The molecular formula is C11H15FN2O3S. The van der Waals surface area contributed by atoms with E-state index in [4.69, 9.17) is 0 Å². The highest BCUT2D eigenvalue weighted by Gasteiger charge is 2.47. The molecule has 0 aromatic carbocycles. The van der Waals surface area contributed by atoms with Crippen LogP contribution in [0.4, 0.5) is 9.18 Å². The van der Waals surface area contributed by atoms with Gasteiger partial charge in [0.25, 0.3) is 18.0 Å². The molecule has 0 spiro atoms. The van der Waals surface area contributed by atoms with Gasteiger partial charge in [-0.3, -0.25) is 19.8 Å². The van der Waals surface area contributed by atoms with E-state index in [2.05, 4.69) is 0 Å². The Kier molecular flexibility index (Phi) is 3.89. The van der Waals surface area contributed by atoms with Crippen LogP contribution in [0.15, 0.2) is 0 Å². The van der Waals surface area contributed by atoms with E-state index >= 15 is 0 Å². The number of carbonyl (C=O) groups is 3. The van der Waals surface area contributed by atoms with Gasteiger partial charge in [-0.2, -0.15) is 11.8 Å². The molecule has 4 amide bonds. The van der Waals surface area contributed by atoms with Crippen LogP contribution in [0.1, 0.15) is 26.2 Å². The van der Waals surface area contributed by atoms with Gasteiger partial charge in [0, 0.05) is 5.25 Å². The van der Waals surface area contributed by atoms with Crippen molar-refractivity contribution in [3.05, 3.63) is 0 Å². The van der Waals surface area contributed by atoms with Crippen LogP contribution >= 0.6 is 11.8 Å². The quantitative estimate of drug-likeness (QED) is 0.782. The Morgan fingerprint density at radius 3 is 2.78 bits per heavy atom. The van der Waals surface area contributed by atoms with Crippen molar-refractivity contribution in [1.29, 1.82) is 0 Å². The summed E-state index contributed by atoms with van der Waals surface area (Å²) in [6.45, 7) is 2.00. The minimum absolute atomic E-state index is 0.144. The third kappa shape index (κ3) is 2.23. The van der Waals surface area contributed by atoms with Crippen molar-refractivity contribution < 1.29 is 18.8 Å². The van der Waals surface area contributed by atoms with Crippen molar-refractivity contribution in [3.8, 4) is 0 Å². The number of halogens is 1. The van der Waals surface area contributed by atoms with Gasteiger partial charge < -0.3 is 0 Å². The van der Waals surface area contributed by atoms with Gasteiger partial charge in [0.15, 0.2) is 0 Å². The molecule has 3 atom stereocenters. The van der Waals surface area contributed by atoms with Crippen LogP contribution in [0.25, 0.3) is 0 Å². The first-order valence-corrected chi connectivity index (χ1v) is 7.04. The molecule has 3 unspecified atom stereocenters. The second-order valence-corrected chi connectivity index (χ2v) is 5.87. The fourth-order valence-corrected chi connectivity index (χ4v) is 3.73. The van der Waals surface area contributed by atoms with Gasteiger partial charge >= 0.3 is 6.03 Å². The Hall–Kier alpha value is -1.11. The van der Waals surface area contributed by atoms with Crippen LogP contribution in [0, 0.1) is 0 Å². The lowest BCUT2D eigenvalue weighted by Gasteiger charge is -2.34. The molecule has 2 rings (SSSR count). The predicted octanol–water partition coefficient (Wildman–Crippen LogP) is 1.08. The number of nitrogens with zero attached hydrogens (tertiary/aromatic N) is 1. The summed E-state index contributed by atoms with van der Waals surface area (Å²) < 4.78 is 13.4. The van der Waals surface area contributed by atoms with Crippen LogP contribution in [-0.2, 0) is 9.59 Å². The van der Waals surface area contributed by atoms with Crippen molar-refractivity contribution in [1.82, 2.24) is 10.2 Å². The van der Waals surface area contributed by atoms with E-state index in [0.29, 0.717) is 6.42 Å². The molecule has 1 heterocycles. The minimum atomic E-state index is -2.25. The molecule has 2 aliphatic rings. The standard InChI is InChI=1S/C11H15FN2O3S/c1-2-18-7-5-3-4-6(7)14-10(16)8(12)9(15)13-11(14)17/h6-8H,2-5H2,1H3,(H,13,15,17). The van der Waals surface area contributed by atoms with E-state index in [-0.39, 0.29) is 11.3 Å².